The van der Waals surface area contributed by atoms with Gasteiger partial charge in [-0.2, -0.15) is 0 Å². The Kier molecular flexibility index (Phi) is 3.38. The summed E-state index contributed by atoms with van der Waals surface area (Å²) in [5, 5.41) is 5.22. The van der Waals surface area contributed by atoms with Crippen LogP contribution in [-0.4, -0.2) is 49.4 Å². The van der Waals surface area contributed by atoms with Gasteiger partial charge in [0, 0.05) is 65.7 Å². The Bertz CT molecular complexity index is 902. The van der Waals surface area contributed by atoms with Gasteiger partial charge in [-0.3, -0.25) is 14.5 Å². The summed E-state index contributed by atoms with van der Waals surface area (Å²) in [5.41, 5.74) is 2.90. The second-order valence-corrected chi connectivity index (χ2v) is 7.94. The van der Waals surface area contributed by atoms with Crippen LogP contribution < -0.4 is 10.2 Å². The average molecular weight is 349 g/mol. The fourth-order valence-electron chi connectivity index (χ4n) is 4.56. The van der Waals surface area contributed by atoms with Gasteiger partial charge in [0.25, 0.3) is 11.8 Å². The highest BCUT2D eigenvalue weighted by Gasteiger charge is 2.48. The Morgan fingerprint density at radius 3 is 2.42 bits per heavy atom. The van der Waals surface area contributed by atoms with Gasteiger partial charge in [-0.15, -0.1) is 0 Å². The molecular formula is C21H23N3O2. The third-order valence-electron chi connectivity index (χ3n) is 6.10. The highest BCUT2D eigenvalue weighted by molar-refractivity contribution is 6.26. The van der Waals surface area contributed by atoms with Crippen LogP contribution in [-0.2, 0) is 0 Å². The smallest absolute Gasteiger partial charge is 0.261 e. The molecule has 0 aliphatic carbocycles. The number of nitrogens with one attached hydrogen (secondary N) is 1. The lowest BCUT2D eigenvalue weighted by Gasteiger charge is -2.57. The van der Waals surface area contributed by atoms with E-state index in [1.807, 2.05) is 24.3 Å². The van der Waals surface area contributed by atoms with E-state index in [4.69, 9.17) is 0 Å². The molecule has 2 saturated heterocycles. The molecule has 0 bridgehead atoms. The van der Waals surface area contributed by atoms with E-state index in [2.05, 4.69) is 23.2 Å². The molecule has 2 aromatic rings. The van der Waals surface area contributed by atoms with Crippen LogP contribution in [0.4, 0.5) is 5.69 Å². The summed E-state index contributed by atoms with van der Waals surface area (Å²) in [6, 6.07) is 9.82. The zero-order valence-electron chi connectivity index (χ0n) is 15.0. The van der Waals surface area contributed by atoms with E-state index in [-0.39, 0.29) is 11.8 Å². The minimum atomic E-state index is -0.151. The highest BCUT2D eigenvalue weighted by Crippen LogP contribution is 2.42. The van der Waals surface area contributed by atoms with Gasteiger partial charge in [-0.25, -0.2) is 0 Å². The van der Waals surface area contributed by atoms with Crippen molar-refractivity contribution >= 4 is 28.3 Å². The van der Waals surface area contributed by atoms with E-state index in [1.165, 1.54) is 4.90 Å². The Hall–Kier alpha value is -2.40. The maximum absolute atomic E-state index is 12.9. The monoisotopic (exact) mass is 349 g/mol. The van der Waals surface area contributed by atoms with Crippen molar-refractivity contribution in [2.24, 2.45) is 5.41 Å². The second kappa shape index (κ2) is 5.55. The van der Waals surface area contributed by atoms with E-state index in [0.717, 1.165) is 55.5 Å². The van der Waals surface area contributed by atoms with Gasteiger partial charge in [0.15, 0.2) is 0 Å². The molecule has 26 heavy (non-hydrogen) atoms. The predicted molar refractivity (Wildman–Crippen MR) is 102 cm³/mol. The van der Waals surface area contributed by atoms with Gasteiger partial charge in [0.1, 0.15) is 0 Å². The largest absolute Gasteiger partial charge is 0.370 e. The molecule has 5 nitrogen and oxygen atoms in total. The van der Waals surface area contributed by atoms with E-state index in [9.17, 15) is 9.59 Å². The summed E-state index contributed by atoms with van der Waals surface area (Å²) in [5.74, 6) is -0.302. The summed E-state index contributed by atoms with van der Waals surface area (Å²) in [4.78, 5) is 29.6. The number of anilines is 1. The molecule has 0 atom stereocenters. The molecule has 2 fully saturated rings. The number of carbonyl (C=O) groups is 2. The van der Waals surface area contributed by atoms with Gasteiger partial charge in [0.2, 0.25) is 0 Å². The minimum Gasteiger partial charge on any atom is -0.370 e. The van der Waals surface area contributed by atoms with Gasteiger partial charge in [-0.1, -0.05) is 25.5 Å². The van der Waals surface area contributed by atoms with Gasteiger partial charge < -0.3 is 10.2 Å². The second-order valence-electron chi connectivity index (χ2n) is 7.94. The highest BCUT2D eigenvalue weighted by atomic mass is 16.2. The van der Waals surface area contributed by atoms with E-state index in [0.29, 0.717) is 23.1 Å². The first kappa shape index (κ1) is 15.8. The van der Waals surface area contributed by atoms with E-state index in [1.54, 1.807) is 0 Å². The van der Waals surface area contributed by atoms with Crippen LogP contribution in [0.15, 0.2) is 30.3 Å². The summed E-state index contributed by atoms with van der Waals surface area (Å²) in [6.45, 7) is 6.83. The van der Waals surface area contributed by atoms with Crippen LogP contribution in [0.1, 0.15) is 40.5 Å². The minimum absolute atomic E-state index is 0.151. The molecule has 0 unspecified atom stereocenters. The van der Waals surface area contributed by atoms with E-state index >= 15 is 0 Å². The maximum Gasteiger partial charge on any atom is 0.261 e. The summed E-state index contributed by atoms with van der Waals surface area (Å²) >= 11 is 0. The first-order chi connectivity index (χ1) is 12.6. The molecule has 5 rings (SSSR count). The molecular weight excluding hydrogens is 326 g/mol. The molecule has 0 radical (unpaired) electrons. The van der Waals surface area contributed by atoms with Crippen LogP contribution in [0.25, 0.3) is 10.8 Å². The molecule has 0 aromatic heterocycles. The lowest BCUT2D eigenvalue weighted by Crippen LogP contribution is -2.71. The first-order valence-corrected chi connectivity index (χ1v) is 9.51. The summed E-state index contributed by atoms with van der Waals surface area (Å²) in [6.07, 6.45) is 1.80. The lowest BCUT2D eigenvalue weighted by atomic mass is 9.74. The Labute approximate surface area is 153 Å². The molecule has 134 valence electrons. The van der Waals surface area contributed by atoms with Crippen LogP contribution in [0.3, 0.4) is 0 Å². The van der Waals surface area contributed by atoms with Crippen molar-refractivity contribution < 1.29 is 9.59 Å². The quantitative estimate of drug-likeness (QED) is 0.862. The number of nitrogens with zero attached hydrogens (tertiary/aromatic N) is 2. The van der Waals surface area contributed by atoms with Crippen molar-refractivity contribution in [2.45, 2.75) is 19.8 Å². The zero-order valence-corrected chi connectivity index (χ0v) is 15.0. The topological polar surface area (TPSA) is 52.7 Å². The van der Waals surface area contributed by atoms with Gasteiger partial charge in [0.05, 0.1) is 0 Å². The van der Waals surface area contributed by atoms with Crippen LogP contribution in [0, 0.1) is 5.41 Å². The number of imide groups is 1. The van der Waals surface area contributed by atoms with Crippen LogP contribution in [0.2, 0.25) is 0 Å². The molecule has 5 heteroatoms. The average Bonchev–Trinajstić information content (AvgIpc) is 2.57. The zero-order chi connectivity index (χ0) is 17.9. The maximum atomic E-state index is 12.9. The number of benzene rings is 2. The molecule has 2 aromatic carbocycles. The van der Waals surface area contributed by atoms with Crippen molar-refractivity contribution in [3.8, 4) is 0 Å². The van der Waals surface area contributed by atoms with Crippen molar-refractivity contribution in [2.75, 3.05) is 37.6 Å². The molecule has 3 aliphatic rings. The molecule has 3 aliphatic heterocycles. The van der Waals surface area contributed by atoms with Crippen LogP contribution in [0.5, 0.6) is 0 Å². The third-order valence-corrected chi connectivity index (χ3v) is 6.10. The lowest BCUT2D eigenvalue weighted by molar-refractivity contribution is 0.0608. The standard InChI is InChI=1S/C21H23N3O2/c1-2-3-9-24-19(25)15-6-4-5-14-17(8-7-16(18(14)15)20(24)26)23-12-21(13-23)10-22-11-21/h4-8,22H,2-3,9-13H2,1H3. The normalized spacial score (nSPS) is 20.5. The summed E-state index contributed by atoms with van der Waals surface area (Å²) in [7, 11) is 0. The first-order valence-electron chi connectivity index (χ1n) is 9.51. The van der Waals surface area contributed by atoms with Crippen molar-refractivity contribution in [3.05, 3.63) is 41.5 Å². The molecule has 1 spiro atoms. The molecule has 2 amide bonds. The number of hydrogen-bond acceptors (Lipinski definition) is 4. The fraction of sp³-hybridized carbons (Fsp3) is 0.429. The van der Waals surface area contributed by atoms with Gasteiger partial charge >= 0.3 is 0 Å². The van der Waals surface area contributed by atoms with Crippen molar-refractivity contribution in [1.82, 2.24) is 10.2 Å². The van der Waals surface area contributed by atoms with Crippen molar-refractivity contribution in [1.29, 1.82) is 0 Å². The third kappa shape index (κ3) is 2.07. The fourth-order valence-corrected chi connectivity index (χ4v) is 4.56. The number of unbranched alkanes of at least 4 members (excludes halogenated alkanes) is 1. The number of rotatable bonds is 4. The van der Waals surface area contributed by atoms with Gasteiger partial charge in [-0.05, 0) is 24.6 Å². The van der Waals surface area contributed by atoms with Crippen LogP contribution >= 0.6 is 0 Å². The van der Waals surface area contributed by atoms with Crippen molar-refractivity contribution in [3.63, 3.8) is 0 Å². The molecule has 3 heterocycles. The number of hydrogen-bond donors (Lipinski definition) is 1. The van der Waals surface area contributed by atoms with E-state index < -0.39 is 0 Å². The summed E-state index contributed by atoms with van der Waals surface area (Å²) < 4.78 is 0. The molecule has 0 saturated carbocycles. The Balaban J connectivity index is 1.58. The SMILES string of the molecule is CCCCN1C(=O)c2cccc3c(N4CC5(CNC5)C4)ccc(c23)C1=O. The Morgan fingerprint density at radius 2 is 1.77 bits per heavy atom. The predicted octanol–water partition coefficient (Wildman–Crippen LogP) is 2.65. The number of carbonyl (C=O) groups excluding carboxylic acids is 2. The Morgan fingerprint density at radius 1 is 1.04 bits per heavy atom. The number of amides is 2. The molecule has 1 N–H and O–H groups in total.